The first-order chi connectivity index (χ1) is 8.22. The standard InChI is InChI=1S/C14H16FNS/c1-3-16-10(2)12-7-6-11(15)9-13(12)14-5-4-8-17-14/h4-10,16H,3H2,1-2H3. The smallest absolute Gasteiger partial charge is 0.123 e. The van der Waals surface area contributed by atoms with Gasteiger partial charge in [0.05, 0.1) is 0 Å². The molecule has 2 rings (SSSR count). The normalized spacial score (nSPS) is 12.6. The monoisotopic (exact) mass is 249 g/mol. The Labute approximate surface area is 105 Å². The molecule has 0 bridgehead atoms. The number of hydrogen-bond acceptors (Lipinski definition) is 2. The van der Waals surface area contributed by atoms with E-state index in [-0.39, 0.29) is 11.9 Å². The van der Waals surface area contributed by atoms with E-state index >= 15 is 0 Å². The maximum absolute atomic E-state index is 13.4. The van der Waals surface area contributed by atoms with Crippen LogP contribution in [0, 0.1) is 5.82 Å². The highest BCUT2D eigenvalue weighted by Crippen LogP contribution is 2.32. The summed E-state index contributed by atoms with van der Waals surface area (Å²) in [4.78, 5) is 1.12. The second-order valence-corrected chi connectivity index (χ2v) is 4.94. The van der Waals surface area contributed by atoms with Crippen molar-refractivity contribution < 1.29 is 4.39 Å². The third-order valence-corrected chi connectivity index (χ3v) is 3.68. The molecule has 0 fully saturated rings. The molecule has 0 aliphatic rings. The molecule has 0 aliphatic heterocycles. The molecule has 0 aliphatic carbocycles. The molecule has 1 aromatic heterocycles. The predicted molar refractivity (Wildman–Crippen MR) is 71.8 cm³/mol. The average Bonchev–Trinajstić information content (AvgIpc) is 2.82. The minimum atomic E-state index is -0.180. The first kappa shape index (κ1) is 12.3. The zero-order valence-corrected chi connectivity index (χ0v) is 10.9. The second-order valence-electron chi connectivity index (χ2n) is 3.99. The van der Waals surface area contributed by atoms with Gasteiger partial charge in [0.1, 0.15) is 5.82 Å². The minimum Gasteiger partial charge on any atom is -0.310 e. The van der Waals surface area contributed by atoms with Crippen LogP contribution in [0.25, 0.3) is 10.4 Å². The van der Waals surface area contributed by atoms with Gasteiger partial charge in [-0.2, -0.15) is 0 Å². The Bertz CT molecular complexity index is 479. The van der Waals surface area contributed by atoms with Gasteiger partial charge in [-0.25, -0.2) is 4.39 Å². The summed E-state index contributed by atoms with van der Waals surface area (Å²) >= 11 is 1.64. The van der Waals surface area contributed by atoms with Crippen molar-refractivity contribution in [2.45, 2.75) is 19.9 Å². The topological polar surface area (TPSA) is 12.0 Å². The summed E-state index contributed by atoms with van der Waals surface area (Å²) in [6.07, 6.45) is 0. The van der Waals surface area contributed by atoms with Crippen LogP contribution in [0.1, 0.15) is 25.5 Å². The second kappa shape index (κ2) is 5.43. The predicted octanol–water partition coefficient (Wildman–Crippen LogP) is 4.22. The molecule has 0 amide bonds. The molecular weight excluding hydrogens is 233 g/mol. The lowest BCUT2D eigenvalue weighted by atomic mass is 10.00. The Morgan fingerprint density at radius 2 is 2.18 bits per heavy atom. The molecule has 0 spiro atoms. The molecule has 1 atom stereocenters. The molecule has 17 heavy (non-hydrogen) atoms. The maximum atomic E-state index is 13.4. The zero-order valence-electron chi connectivity index (χ0n) is 10.0. The van der Waals surface area contributed by atoms with Crippen LogP contribution in [0.2, 0.25) is 0 Å². The van der Waals surface area contributed by atoms with Crippen molar-refractivity contribution in [3.8, 4) is 10.4 Å². The molecule has 3 heteroatoms. The number of rotatable bonds is 4. The maximum Gasteiger partial charge on any atom is 0.123 e. The molecule has 90 valence electrons. The van der Waals surface area contributed by atoms with Crippen molar-refractivity contribution in [3.05, 3.63) is 47.1 Å². The third-order valence-electron chi connectivity index (χ3n) is 2.78. The quantitative estimate of drug-likeness (QED) is 0.855. The molecular formula is C14H16FNS. The Morgan fingerprint density at radius 3 is 2.82 bits per heavy atom. The molecule has 1 aromatic carbocycles. The first-order valence-electron chi connectivity index (χ1n) is 5.79. The number of thiophene rings is 1. The van der Waals surface area contributed by atoms with E-state index in [1.54, 1.807) is 17.4 Å². The van der Waals surface area contributed by atoms with Gasteiger partial charge in [-0.1, -0.05) is 19.1 Å². The third kappa shape index (κ3) is 2.73. The van der Waals surface area contributed by atoms with Gasteiger partial charge < -0.3 is 5.32 Å². The lowest BCUT2D eigenvalue weighted by Crippen LogP contribution is -2.18. The van der Waals surface area contributed by atoms with E-state index in [2.05, 4.69) is 19.2 Å². The van der Waals surface area contributed by atoms with E-state index in [4.69, 9.17) is 0 Å². The fraction of sp³-hybridized carbons (Fsp3) is 0.286. The van der Waals surface area contributed by atoms with Crippen molar-refractivity contribution in [2.75, 3.05) is 6.54 Å². The highest BCUT2D eigenvalue weighted by Gasteiger charge is 2.12. The summed E-state index contributed by atoms with van der Waals surface area (Å²) in [5.41, 5.74) is 2.14. The van der Waals surface area contributed by atoms with Gasteiger partial charge in [0.25, 0.3) is 0 Å². The fourth-order valence-corrected chi connectivity index (χ4v) is 2.73. The summed E-state index contributed by atoms with van der Waals surface area (Å²) in [7, 11) is 0. The Kier molecular flexibility index (Phi) is 3.92. The van der Waals surface area contributed by atoms with Gasteiger partial charge in [0.2, 0.25) is 0 Å². The van der Waals surface area contributed by atoms with E-state index in [1.807, 2.05) is 23.6 Å². The van der Waals surface area contributed by atoms with Crippen LogP contribution in [0.4, 0.5) is 4.39 Å². The van der Waals surface area contributed by atoms with E-state index in [0.717, 1.165) is 22.5 Å². The summed E-state index contributed by atoms with van der Waals surface area (Å²) in [5, 5.41) is 5.38. The van der Waals surface area contributed by atoms with Crippen molar-refractivity contribution in [2.24, 2.45) is 0 Å². The van der Waals surface area contributed by atoms with Crippen molar-refractivity contribution >= 4 is 11.3 Å². The molecule has 1 N–H and O–H groups in total. The Hall–Kier alpha value is -1.19. The summed E-state index contributed by atoms with van der Waals surface area (Å²) in [6, 6.07) is 9.28. The molecule has 0 saturated carbocycles. The van der Waals surface area contributed by atoms with Crippen LogP contribution >= 0.6 is 11.3 Å². The van der Waals surface area contributed by atoms with Gasteiger partial charge in [-0.05, 0) is 48.2 Å². The molecule has 2 aromatic rings. The lowest BCUT2D eigenvalue weighted by molar-refractivity contribution is 0.593. The summed E-state index contributed by atoms with van der Waals surface area (Å²) < 4.78 is 13.4. The molecule has 1 unspecified atom stereocenters. The van der Waals surface area contributed by atoms with Crippen molar-refractivity contribution in [1.82, 2.24) is 5.32 Å². The van der Waals surface area contributed by atoms with Crippen LogP contribution in [-0.2, 0) is 0 Å². The zero-order chi connectivity index (χ0) is 12.3. The van der Waals surface area contributed by atoms with Crippen LogP contribution in [0.15, 0.2) is 35.7 Å². The van der Waals surface area contributed by atoms with Crippen molar-refractivity contribution in [3.63, 3.8) is 0 Å². The number of hydrogen-bond donors (Lipinski definition) is 1. The van der Waals surface area contributed by atoms with E-state index < -0.39 is 0 Å². The van der Waals surface area contributed by atoms with E-state index in [1.165, 1.54) is 6.07 Å². The average molecular weight is 249 g/mol. The lowest BCUT2D eigenvalue weighted by Gasteiger charge is -2.16. The minimum absolute atomic E-state index is 0.180. The largest absolute Gasteiger partial charge is 0.310 e. The summed E-state index contributed by atoms with van der Waals surface area (Å²) in [6.45, 7) is 5.08. The van der Waals surface area contributed by atoms with Gasteiger partial charge in [-0.15, -0.1) is 11.3 Å². The van der Waals surface area contributed by atoms with Crippen LogP contribution in [-0.4, -0.2) is 6.54 Å². The Balaban J connectivity index is 2.45. The van der Waals surface area contributed by atoms with Gasteiger partial charge in [-0.3, -0.25) is 0 Å². The summed E-state index contributed by atoms with van der Waals surface area (Å²) in [5.74, 6) is -0.180. The molecule has 1 heterocycles. The number of halogens is 1. The first-order valence-corrected chi connectivity index (χ1v) is 6.67. The van der Waals surface area contributed by atoms with Crippen LogP contribution < -0.4 is 5.32 Å². The SMILES string of the molecule is CCNC(C)c1ccc(F)cc1-c1cccs1. The van der Waals surface area contributed by atoms with Gasteiger partial charge >= 0.3 is 0 Å². The van der Waals surface area contributed by atoms with E-state index in [0.29, 0.717) is 0 Å². The highest BCUT2D eigenvalue weighted by atomic mass is 32.1. The van der Waals surface area contributed by atoms with Gasteiger partial charge in [0, 0.05) is 10.9 Å². The van der Waals surface area contributed by atoms with E-state index in [9.17, 15) is 4.39 Å². The Morgan fingerprint density at radius 1 is 1.35 bits per heavy atom. The number of nitrogens with one attached hydrogen (secondary N) is 1. The van der Waals surface area contributed by atoms with Gasteiger partial charge in [0.15, 0.2) is 0 Å². The molecule has 0 saturated heterocycles. The highest BCUT2D eigenvalue weighted by molar-refractivity contribution is 7.13. The molecule has 1 nitrogen and oxygen atoms in total. The fourth-order valence-electron chi connectivity index (χ4n) is 1.97. The van der Waals surface area contributed by atoms with Crippen LogP contribution in [0.3, 0.4) is 0 Å². The van der Waals surface area contributed by atoms with Crippen LogP contribution in [0.5, 0.6) is 0 Å². The number of benzene rings is 1. The van der Waals surface area contributed by atoms with Crippen molar-refractivity contribution in [1.29, 1.82) is 0 Å². The molecule has 0 radical (unpaired) electrons.